The van der Waals surface area contributed by atoms with Crippen LogP contribution in [0.3, 0.4) is 0 Å². The molecule has 0 amide bonds. The first-order valence-electron chi connectivity index (χ1n) is 12.1. The van der Waals surface area contributed by atoms with Gasteiger partial charge in [0.05, 0.1) is 0 Å². The molecular weight excluding hydrogens is 599 g/mol. The summed E-state index contributed by atoms with van der Waals surface area (Å²) in [5.74, 6) is 0.560. The standard InChI is InChI=1S/C23H27.C9H13.2CH3.2ClH.Si.Zr/c1-22(2,3)18-13-17(14-19(15-18)23(4,5)6)21-12-11-16-9-7-8-10-20(16)21;1-6-5-7(2)9(4)8(6)3;;;;;;/h7-15H,1-6H3;6H,1-4H3;2*1H3;2*1H;;/q4*-1;;;;. The summed E-state index contributed by atoms with van der Waals surface area (Å²) in [5.41, 5.74) is 10.0. The molecule has 3 aromatic carbocycles. The molecule has 4 heteroatoms. The van der Waals surface area contributed by atoms with Gasteiger partial charge in [0.1, 0.15) is 0 Å². The molecule has 38 heavy (non-hydrogen) atoms. The first kappa shape index (κ1) is 41.7. The Hall–Kier alpha value is -0.790. The molecule has 0 nitrogen and oxygen atoms in total. The summed E-state index contributed by atoms with van der Waals surface area (Å²) in [5, 5.41) is 2.67. The molecule has 0 heterocycles. The monoisotopic (exact) mass is 644 g/mol. The third kappa shape index (κ3) is 10.3. The minimum atomic E-state index is 0. The summed E-state index contributed by atoms with van der Waals surface area (Å²) in [4.78, 5) is 0. The predicted octanol–water partition coefficient (Wildman–Crippen LogP) is 10.9. The Labute approximate surface area is 264 Å². The Balaban J connectivity index is -0.000000702. The fraction of sp³-hybridized carbons (Fsp3) is 0.382. The minimum absolute atomic E-state index is 0. The van der Waals surface area contributed by atoms with Gasteiger partial charge in [0.2, 0.25) is 0 Å². The van der Waals surface area contributed by atoms with Crippen molar-refractivity contribution < 1.29 is 23.3 Å². The molecule has 4 rings (SSSR count). The second kappa shape index (κ2) is 17.1. The van der Waals surface area contributed by atoms with Crippen LogP contribution in [0.15, 0.2) is 71.3 Å². The van der Waals surface area contributed by atoms with Gasteiger partial charge in [-0.1, -0.05) is 98.1 Å². The number of benzene rings is 2. The van der Waals surface area contributed by atoms with Gasteiger partial charge in [-0.25, -0.2) is 5.57 Å². The molecule has 0 aromatic heterocycles. The van der Waals surface area contributed by atoms with E-state index in [-0.39, 0.29) is 50.5 Å². The van der Waals surface area contributed by atoms with Gasteiger partial charge in [0.15, 0.2) is 0 Å². The molecular formula is C34H48Cl2SiZr-4. The quantitative estimate of drug-likeness (QED) is 0.182. The molecule has 2 radical (unpaired) electrons. The number of rotatable bonds is 1. The fourth-order valence-corrected chi connectivity index (χ4v) is 4.21. The number of halogens is 2. The summed E-state index contributed by atoms with van der Waals surface area (Å²) in [6, 6.07) is 20.3. The second-order valence-electron chi connectivity index (χ2n) is 11.4. The van der Waals surface area contributed by atoms with E-state index in [0.717, 1.165) is 0 Å². The summed E-state index contributed by atoms with van der Waals surface area (Å²) in [7, 11) is 0. The average Bonchev–Trinajstić information content (AvgIpc) is 3.31. The molecule has 1 atom stereocenters. The maximum absolute atomic E-state index is 3.36. The predicted molar refractivity (Wildman–Crippen MR) is 175 cm³/mol. The van der Waals surface area contributed by atoms with E-state index in [4.69, 9.17) is 0 Å². The van der Waals surface area contributed by atoms with Crippen LogP contribution in [0.4, 0.5) is 0 Å². The zero-order valence-electron chi connectivity index (χ0n) is 25.6. The number of allylic oxidation sites excluding steroid dienone is 4. The topological polar surface area (TPSA) is 0 Å². The second-order valence-corrected chi connectivity index (χ2v) is 11.4. The van der Waals surface area contributed by atoms with Crippen molar-refractivity contribution in [1.82, 2.24) is 0 Å². The van der Waals surface area contributed by atoms with E-state index in [1.54, 1.807) is 0 Å². The van der Waals surface area contributed by atoms with Crippen molar-refractivity contribution in [1.29, 1.82) is 0 Å². The third-order valence-electron chi connectivity index (χ3n) is 6.89. The first-order chi connectivity index (χ1) is 15.8. The summed E-state index contributed by atoms with van der Waals surface area (Å²) < 4.78 is 0. The van der Waals surface area contributed by atoms with E-state index in [2.05, 4.69) is 137 Å². The van der Waals surface area contributed by atoms with E-state index >= 15 is 0 Å². The Bertz CT molecular complexity index is 1170. The van der Waals surface area contributed by atoms with E-state index < -0.39 is 0 Å². The molecule has 1 unspecified atom stereocenters. The summed E-state index contributed by atoms with van der Waals surface area (Å²) >= 11 is 1.36. The van der Waals surface area contributed by atoms with E-state index in [1.807, 2.05) is 0 Å². The number of fused-ring (bicyclic) bond motifs is 1. The normalized spacial score (nSPS) is 14.2. The number of hydrogen-bond donors (Lipinski definition) is 0. The van der Waals surface area contributed by atoms with Crippen LogP contribution in [0.1, 0.15) is 80.4 Å². The van der Waals surface area contributed by atoms with Crippen LogP contribution in [0.25, 0.3) is 21.9 Å². The SMILES string of the molecule is CC(C)(C)c1cc(-c2c[cH-]c3ccccc23)cc(C(C)(C)C)c1.CC1=[C-]C(C)C(C)=C1C.Cl.Cl.[CH3-].[CH3-].[Si]=[Zr]. The van der Waals surface area contributed by atoms with Crippen molar-refractivity contribution in [2.24, 2.45) is 5.92 Å². The van der Waals surface area contributed by atoms with E-state index in [1.165, 1.54) is 73.1 Å². The molecule has 0 spiro atoms. The van der Waals surface area contributed by atoms with Crippen molar-refractivity contribution >= 4 is 42.5 Å². The van der Waals surface area contributed by atoms with Gasteiger partial charge < -0.3 is 14.9 Å². The first-order valence-corrected chi connectivity index (χ1v) is 16.3. The molecule has 0 saturated carbocycles. The molecule has 1 aliphatic carbocycles. The van der Waals surface area contributed by atoms with Gasteiger partial charge in [-0.15, -0.1) is 78.4 Å². The van der Waals surface area contributed by atoms with Gasteiger partial charge in [-0.05, 0) is 22.0 Å². The third-order valence-corrected chi connectivity index (χ3v) is 6.89. The van der Waals surface area contributed by atoms with E-state index in [9.17, 15) is 0 Å². The van der Waals surface area contributed by atoms with Crippen molar-refractivity contribution in [3.05, 3.63) is 103 Å². The van der Waals surface area contributed by atoms with Crippen LogP contribution in [-0.4, -0.2) is 6.88 Å². The molecule has 1 aliphatic rings. The Morgan fingerprint density at radius 2 is 1.29 bits per heavy atom. The summed E-state index contributed by atoms with van der Waals surface area (Å²) in [6.07, 6.45) is 3.36. The Kier molecular flexibility index (Phi) is 18.8. The molecule has 0 saturated heterocycles. The number of hydrogen-bond acceptors (Lipinski definition) is 0. The van der Waals surface area contributed by atoms with Gasteiger partial charge in [-0.3, -0.25) is 6.08 Å². The van der Waals surface area contributed by atoms with Crippen LogP contribution in [0.5, 0.6) is 0 Å². The van der Waals surface area contributed by atoms with Crippen molar-refractivity contribution in [3.8, 4) is 11.1 Å². The van der Waals surface area contributed by atoms with Gasteiger partial charge >= 0.3 is 30.2 Å². The Morgan fingerprint density at radius 3 is 1.66 bits per heavy atom. The Morgan fingerprint density at radius 1 is 0.816 bits per heavy atom. The van der Waals surface area contributed by atoms with Crippen molar-refractivity contribution in [3.63, 3.8) is 0 Å². The maximum atomic E-state index is 3.36. The molecule has 3 aromatic rings. The van der Waals surface area contributed by atoms with Crippen LogP contribution in [0.2, 0.25) is 0 Å². The van der Waals surface area contributed by atoms with Crippen molar-refractivity contribution in [2.45, 2.75) is 80.1 Å². The van der Waals surface area contributed by atoms with Gasteiger partial charge in [0, 0.05) is 0 Å². The molecule has 210 valence electrons. The van der Waals surface area contributed by atoms with Crippen LogP contribution in [-0.2, 0) is 34.2 Å². The van der Waals surface area contributed by atoms with Crippen LogP contribution < -0.4 is 0 Å². The fourth-order valence-electron chi connectivity index (χ4n) is 4.21. The summed E-state index contributed by atoms with van der Waals surface area (Å²) in [6.45, 7) is 25.5. The van der Waals surface area contributed by atoms with E-state index in [0.29, 0.717) is 5.92 Å². The molecule has 0 bridgehead atoms. The zero-order chi connectivity index (χ0) is 25.8. The van der Waals surface area contributed by atoms with Crippen LogP contribution >= 0.6 is 24.8 Å². The molecule has 0 fully saturated rings. The van der Waals surface area contributed by atoms with Gasteiger partial charge in [0.25, 0.3) is 0 Å². The zero-order valence-corrected chi connectivity index (χ0v) is 30.7. The van der Waals surface area contributed by atoms with Crippen LogP contribution in [0, 0.1) is 26.8 Å². The molecule has 0 aliphatic heterocycles. The average molecular weight is 647 g/mol. The van der Waals surface area contributed by atoms with Crippen molar-refractivity contribution in [2.75, 3.05) is 0 Å². The molecule has 0 N–H and O–H groups in total. The van der Waals surface area contributed by atoms with Gasteiger partial charge in [-0.2, -0.15) is 11.1 Å².